The zero-order valence-corrected chi connectivity index (χ0v) is 17.1. The normalized spacial score (nSPS) is 15.3. The van der Waals surface area contributed by atoms with Gasteiger partial charge in [0, 0.05) is 5.75 Å². The minimum absolute atomic E-state index is 0.876. The first-order valence-electron chi connectivity index (χ1n) is 9.60. The van der Waals surface area contributed by atoms with Crippen LogP contribution in [0.25, 0.3) is 0 Å². The van der Waals surface area contributed by atoms with E-state index in [0.29, 0.717) is 0 Å². The van der Waals surface area contributed by atoms with E-state index in [0.717, 1.165) is 17.8 Å². The molecule has 0 saturated heterocycles. The molecule has 0 bridgehead atoms. The van der Waals surface area contributed by atoms with Crippen molar-refractivity contribution in [3.63, 3.8) is 0 Å². The maximum absolute atomic E-state index is 2.45. The summed E-state index contributed by atoms with van der Waals surface area (Å²) < 4.78 is 0. The van der Waals surface area contributed by atoms with E-state index in [4.69, 9.17) is 0 Å². The van der Waals surface area contributed by atoms with Crippen LogP contribution in [-0.2, 0) is 0 Å². The lowest BCUT2D eigenvalue weighted by Gasteiger charge is -2.15. The molecule has 0 aliphatic rings. The van der Waals surface area contributed by atoms with Gasteiger partial charge < -0.3 is 0 Å². The Morgan fingerprint density at radius 2 is 1.32 bits per heavy atom. The Kier molecular flexibility index (Phi) is 14.7. The van der Waals surface area contributed by atoms with E-state index >= 15 is 0 Å². The maximum atomic E-state index is 2.45. The van der Waals surface area contributed by atoms with Crippen molar-refractivity contribution in [2.75, 3.05) is 12.0 Å². The summed E-state index contributed by atoms with van der Waals surface area (Å²) in [6.45, 7) is 11.9. The maximum Gasteiger partial charge on any atom is 0.0113 e. The molecule has 0 unspecified atom stereocenters. The topological polar surface area (TPSA) is 0 Å². The Labute approximate surface area is 145 Å². The van der Waals surface area contributed by atoms with Crippen molar-refractivity contribution in [1.29, 1.82) is 0 Å². The molecule has 2 atom stereocenters. The molecule has 0 saturated carbocycles. The molecule has 0 heterocycles. The molecular formula is C21H42S. The Morgan fingerprint density at radius 1 is 0.818 bits per heavy atom. The van der Waals surface area contributed by atoms with Crippen LogP contribution in [0.1, 0.15) is 92.4 Å². The predicted octanol–water partition coefficient (Wildman–Crippen LogP) is 7.73. The number of thioether (sulfide) groups is 1. The largest absolute Gasteiger partial charge is 0.161 e. The van der Waals surface area contributed by atoms with Crippen LogP contribution in [-0.4, -0.2) is 12.0 Å². The third-order valence-corrected chi connectivity index (χ3v) is 5.24. The molecule has 0 spiro atoms. The number of rotatable bonds is 14. The standard InChI is InChI=1S/C21H42S/c1-18(2)10-7-11-19(3)12-8-13-20(4)14-9-15-21(5)16-17-22-6/h16,18-20H,7-15,17H2,1-6H3/t19-,20-/m1/s1. The highest BCUT2D eigenvalue weighted by molar-refractivity contribution is 7.98. The van der Waals surface area contributed by atoms with E-state index < -0.39 is 0 Å². The smallest absolute Gasteiger partial charge is 0.0113 e. The molecule has 0 aliphatic heterocycles. The summed E-state index contributed by atoms with van der Waals surface area (Å²) in [6, 6.07) is 0. The van der Waals surface area contributed by atoms with Gasteiger partial charge in [0.1, 0.15) is 0 Å². The Balaban J connectivity index is 3.54. The molecule has 0 rings (SSSR count). The summed E-state index contributed by atoms with van der Waals surface area (Å²) >= 11 is 1.91. The fourth-order valence-electron chi connectivity index (χ4n) is 3.04. The van der Waals surface area contributed by atoms with Crippen LogP contribution in [0, 0.1) is 17.8 Å². The van der Waals surface area contributed by atoms with E-state index in [-0.39, 0.29) is 0 Å². The monoisotopic (exact) mass is 326 g/mol. The van der Waals surface area contributed by atoms with E-state index in [1.807, 2.05) is 11.8 Å². The summed E-state index contributed by atoms with van der Waals surface area (Å²) in [5, 5.41) is 0. The van der Waals surface area contributed by atoms with Gasteiger partial charge >= 0.3 is 0 Å². The van der Waals surface area contributed by atoms with E-state index in [1.165, 1.54) is 63.5 Å². The van der Waals surface area contributed by atoms with Gasteiger partial charge in [-0.1, -0.05) is 84.3 Å². The summed E-state index contributed by atoms with van der Waals surface area (Å²) in [6.07, 6.45) is 17.2. The highest BCUT2D eigenvalue weighted by Gasteiger charge is 2.06. The average Bonchev–Trinajstić information content (AvgIpc) is 2.44. The first-order chi connectivity index (χ1) is 10.5. The molecule has 0 aromatic rings. The fourth-order valence-corrected chi connectivity index (χ4v) is 3.49. The fraction of sp³-hybridized carbons (Fsp3) is 0.905. The zero-order valence-electron chi connectivity index (χ0n) is 16.3. The first kappa shape index (κ1) is 22.1. The third-order valence-electron chi connectivity index (χ3n) is 4.74. The first-order valence-corrected chi connectivity index (χ1v) is 11.0. The molecule has 0 aromatic heterocycles. The summed E-state index contributed by atoms with van der Waals surface area (Å²) in [4.78, 5) is 0. The second kappa shape index (κ2) is 14.7. The van der Waals surface area contributed by atoms with Crippen molar-refractivity contribution in [2.45, 2.75) is 92.4 Å². The van der Waals surface area contributed by atoms with Crippen LogP contribution in [0.15, 0.2) is 11.6 Å². The summed E-state index contributed by atoms with van der Waals surface area (Å²) in [5.41, 5.74) is 1.58. The van der Waals surface area contributed by atoms with Crippen LogP contribution in [0.3, 0.4) is 0 Å². The van der Waals surface area contributed by atoms with Crippen LogP contribution in [0.5, 0.6) is 0 Å². The molecule has 0 N–H and O–H groups in total. The van der Waals surface area contributed by atoms with Crippen LogP contribution >= 0.6 is 11.8 Å². The molecular weight excluding hydrogens is 284 g/mol. The van der Waals surface area contributed by atoms with Crippen molar-refractivity contribution in [3.05, 3.63) is 11.6 Å². The van der Waals surface area contributed by atoms with Gasteiger partial charge in [0.05, 0.1) is 0 Å². The van der Waals surface area contributed by atoms with Gasteiger partial charge in [0.25, 0.3) is 0 Å². The van der Waals surface area contributed by atoms with Crippen molar-refractivity contribution >= 4 is 11.8 Å². The van der Waals surface area contributed by atoms with Crippen molar-refractivity contribution in [1.82, 2.24) is 0 Å². The lowest BCUT2D eigenvalue weighted by molar-refractivity contribution is 0.389. The molecule has 132 valence electrons. The third kappa shape index (κ3) is 15.0. The van der Waals surface area contributed by atoms with Crippen LogP contribution in [0.2, 0.25) is 0 Å². The van der Waals surface area contributed by atoms with Crippen LogP contribution in [0.4, 0.5) is 0 Å². The molecule has 0 nitrogen and oxygen atoms in total. The average molecular weight is 327 g/mol. The lowest BCUT2D eigenvalue weighted by Crippen LogP contribution is -2.00. The van der Waals surface area contributed by atoms with Gasteiger partial charge in [-0.25, -0.2) is 0 Å². The van der Waals surface area contributed by atoms with Gasteiger partial charge in [-0.3, -0.25) is 0 Å². The highest BCUT2D eigenvalue weighted by Crippen LogP contribution is 2.22. The minimum Gasteiger partial charge on any atom is -0.161 e. The quantitative estimate of drug-likeness (QED) is 0.294. The minimum atomic E-state index is 0.876. The van der Waals surface area contributed by atoms with E-state index in [1.54, 1.807) is 5.57 Å². The van der Waals surface area contributed by atoms with Gasteiger partial charge in [0.15, 0.2) is 0 Å². The molecule has 0 radical (unpaired) electrons. The second-order valence-corrected chi connectivity index (χ2v) is 8.77. The van der Waals surface area contributed by atoms with Gasteiger partial charge in [0.2, 0.25) is 0 Å². The molecule has 22 heavy (non-hydrogen) atoms. The number of allylic oxidation sites excluding steroid dienone is 1. The number of hydrogen-bond donors (Lipinski definition) is 0. The van der Waals surface area contributed by atoms with Gasteiger partial charge in [-0.2, -0.15) is 11.8 Å². The molecule has 1 heteroatoms. The Hall–Kier alpha value is 0.0900. The number of hydrogen-bond acceptors (Lipinski definition) is 1. The molecule has 0 aliphatic carbocycles. The van der Waals surface area contributed by atoms with E-state index in [9.17, 15) is 0 Å². The zero-order chi connectivity index (χ0) is 16.8. The van der Waals surface area contributed by atoms with Crippen LogP contribution < -0.4 is 0 Å². The predicted molar refractivity (Wildman–Crippen MR) is 107 cm³/mol. The van der Waals surface area contributed by atoms with Gasteiger partial charge in [-0.05, 0) is 43.8 Å². The highest BCUT2D eigenvalue weighted by atomic mass is 32.2. The molecule has 0 aromatic carbocycles. The molecule has 0 fully saturated rings. The SMILES string of the molecule is CSCC=C(C)CCC[C@H](C)CCC[C@H](C)CCCC(C)C. The van der Waals surface area contributed by atoms with Crippen molar-refractivity contribution in [2.24, 2.45) is 17.8 Å². The second-order valence-electron chi connectivity index (χ2n) is 7.86. The summed E-state index contributed by atoms with van der Waals surface area (Å²) in [5.74, 6) is 3.90. The van der Waals surface area contributed by atoms with E-state index in [2.05, 4.69) is 47.0 Å². The summed E-state index contributed by atoms with van der Waals surface area (Å²) in [7, 11) is 0. The Morgan fingerprint density at radius 3 is 1.82 bits per heavy atom. The Bertz CT molecular complexity index is 267. The van der Waals surface area contributed by atoms with Gasteiger partial charge in [-0.15, -0.1) is 0 Å². The van der Waals surface area contributed by atoms with Crippen molar-refractivity contribution < 1.29 is 0 Å². The lowest BCUT2D eigenvalue weighted by atomic mass is 9.91. The molecule has 0 amide bonds. The van der Waals surface area contributed by atoms with Crippen molar-refractivity contribution in [3.8, 4) is 0 Å².